The van der Waals surface area contributed by atoms with Gasteiger partial charge in [0.1, 0.15) is 5.75 Å². The molecule has 1 unspecified atom stereocenters. The van der Waals surface area contributed by atoms with Crippen LogP contribution in [0.3, 0.4) is 0 Å². The number of amides is 1. The van der Waals surface area contributed by atoms with Gasteiger partial charge in [-0.2, -0.15) is 0 Å². The van der Waals surface area contributed by atoms with Crippen LogP contribution in [0.4, 0.5) is 5.69 Å². The lowest BCUT2D eigenvalue weighted by atomic mass is 10.1. The zero-order valence-corrected chi connectivity index (χ0v) is 19.6. The second kappa shape index (κ2) is 9.95. The third-order valence-corrected chi connectivity index (χ3v) is 5.89. The number of aromatic nitrogens is 1. The largest absolute Gasteiger partial charge is 0.493 e. The Kier molecular flexibility index (Phi) is 7.02. The van der Waals surface area contributed by atoms with Gasteiger partial charge < -0.3 is 29.8 Å². The van der Waals surface area contributed by atoms with Crippen LogP contribution in [0.2, 0.25) is 0 Å². The van der Waals surface area contributed by atoms with Crippen molar-refractivity contribution in [2.45, 2.75) is 32.4 Å². The predicted molar refractivity (Wildman–Crippen MR) is 130 cm³/mol. The van der Waals surface area contributed by atoms with Gasteiger partial charge in [-0.1, -0.05) is 0 Å². The fraction of sp³-hybridized carbons (Fsp3) is 0.423. The summed E-state index contributed by atoms with van der Waals surface area (Å²) in [7, 11) is 2.02. The van der Waals surface area contributed by atoms with Gasteiger partial charge in [-0.25, -0.2) is 0 Å². The molecule has 1 aliphatic heterocycles. The molecule has 0 bridgehead atoms. The molecule has 2 heterocycles. The first-order chi connectivity index (χ1) is 15.8. The van der Waals surface area contributed by atoms with Crippen LogP contribution in [0.15, 0.2) is 48.5 Å². The second-order valence-corrected chi connectivity index (χ2v) is 9.40. The fourth-order valence-corrected chi connectivity index (χ4v) is 3.99. The van der Waals surface area contributed by atoms with E-state index in [0.29, 0.717) is 31.2 Å². The lowest BCUT2D eigenvalue weighted by molar-refractivity contribution is 0.0793. The first-order valence-electron chi connectivity index (χ1n) is 11.4. The van der Waals surface area contributed by atoms with E-state index in [0.717, 1.165) is 47.7 Å². The zero-order chi connectivity index (χ0) is 23.4. The van der Waals surface area contributed by atoms with Crippen molar-refractivity contribution < 1.29 is 19.4 Å². The molecule has 1 atom stereocenters. The molecule has 4 rings (SSSR count). The number of nitrogens with zero attached hydrogens (tertiary/aromatic N) is 1. The molecule has 1 amide bonds. The molecule has 1 fully saturated rings. The van der Waals surface area contributed by atoms with Gasteiger partial charge in [0.2, 0.25) is 0 Å². The van der Waals surface area contributed by atoms with Crippen molar-refractivity contribution in [2.75, 3.05) is 31.7 Å². The third-order valence-electron chi connectivity index (χ3n) is 5.89. The van der Waals surface area contributed by atoms with Gasteiger partial charge in [-0.15, -0.1) is 0 Å². The van der Waals surface area contributed by atoms with Gasteiger partial charge in [-0.05, 0) is 68.8 Å². The lowest BCUT2D eigenvalue weighted by Gasteiger charge is -2.17. The van der Waals surface area contributed by atoms with Gasteiger partial charge in [0.25, 0.3) is 5.91 Å². The van der Waals surface area contributed by atoms with E-state index >= 15 is 0 Å². The van der Waals surface area contributed by atoms with Crippen LogP contribution in [-0.2, 0) is 18.3 Å². The Balaban J connectivity index is 1.37. The number of carbonyl (C=O) groups is 1. The number of aliphatic hydroxyl groups is 1. The summed E-state index contributed by atoms with van der Waals surface area (Å²) in [6.45, 7) is 6.92. The topological polar surface area (TPSA) is 84.8 Å². The third kappa shape index (κ3) is 6.13. The molecule has 176 valence electrons. The second-order valence-electron chi connectivity index (χ2n) is 9.40. The van der Waals surface area contributed by atoms with E-state index in [-0.39, 0.29) is 5.91 Å². The summed E-state index contributed by atoms with van der Waals surface area (Å²) in [5.74, 6) is 1.04. The van der Waals surface area contributed by atoms with E-state index in [1.54, 1.807) is 26.0 Å². The van der Waals surface area contributed by atoms with Gasteiger partial charge >= 0.3 is 0 Å². The smallest absolute Gasteiger partial charge is 0.255 e. The Morgan fingerprint density at radius 3 is 2.70 bits per heavy atom. The molecule has 1 aliphatic rings. The average molecular weight is 452 g/mol. The molecule has 7 nitrogen and oxygen atoms in total. The van der Waals surface area contributed by atoms with Crippen molar-refractivity contribution >= 4 is 22.5 Å². The maximum atomic E-state index is 12.7. The summed E-state index contributed by atoms with van der Waals surface area (Å²) in [6, 6.07) is 15.2. The van der Waals surface area contributed by atoms with Crippen LogP contribution in [-0.4, -0.2) is 47.5 Å². The molecule has 0 radical (unpaired) electrons. The first-order valence-corrected chi connectivity index (χ1v) is 11.4. The summed E-state index contributed by atoms with van der Waals surface area (Å²) >= 11 is 0. The number of anilines is 1. The molecular formula is C26H33N3O4. The Bertz CT molecular complexity index is 1090. The van der Waals surface area contributed by atoms with Crippen molar-refractivity contribution in [3.8, 4) is 5.75 Å². The number of fused-ring (bicyclic) bond motifs is 1. The monoisotopic (exact) mass is 451 g/mol. The molecule has 0 saturated carbocycles. The zero-order valence-electron chi connectivity index (χ0n) is 19.6. The standard InChI is InChI=1S/C26H33N3O4/c1-26(2,31)17-27-14-22-13-20-12-21(6-9-24(20)29(22)3)28-25(30)19-4-7-23(8-5-19)33-16-18-10-11-32-15-18/h4-9,12-13,18,27,31H,10-11,14-17H2,1-3H3,(H,28,30). The minimum absolute atomic E-state index is 0.159. The van der Waals surface area contributed by atoms with E-state index in [4.69, 9.17) is 9.47 Å². The minimum atomic E-state index is -0.753. The number of rotatable bonds is 9. The van der Waals surface area contributed by atoms with E-state index in [9.17, 15) is 9.90 Å². The maximum absolute atomic E-state index is 12.7. The Morgan fingerprint density at radius 2 is 2.00 bits per heavy atom. The van der Waals surface area contributed by atoms with Crippen LogP contribution < -0.4 is 15.4 Å². The molecule has 1 aromatic heterocycles. The lowest BCUT2D eigenvalue weighted by Crippen LogP contribution is -2.34. The van der Waals surface area contributed by atoms with E-state index in [1.807, 2.05) is 37.4 Å². The Hall–Kier alpha value is -2.87. The highest BCUT2D eigenvalue weighted by Gasteiger charge is 2.16. The van der Waals surface area contributed by atoms with Crippen molar-refractivity contribution in [2.24, 2.45) is 13.0 Å². The molecule has 3 N–H and O–H groups in total. The highest BCUT2D eigenvalue weighted by Crippen LogP contribution is 2.24. The Morgan fingerprint density at radius 1 is 1.21 bits per heavy atom. The van der Waals surface area contributed by atoms with Gasteiger partial charge in [-0.3, -0.25) is 4.79 Å². The quantitative estimate of drug-likeness (QED) is 0.462. The van der Waals surface area contributed by atoms with Crippen LogP contribution in [0.25, 0.3) is 10.9 Å². The summed E-state index contributed by atoms with van der Waals surface area (Å²) in [4.78, 5) is 12.7. The van der Waals surface area contributed by atoms with Crippen LogP contribution in [0.5, 0.6) is 5.75 Å². The summed E-state index contributed by atoms with van der Waals surface area (Å²) < 4.78 is 13.3. The molecule has 33 heavy (non-hydrogen) atoms. The molecule has 0 aliphatic carbocycles. The van der Waals surface area contributed by atoms with Crippen LogP contribution >= 0.6 is 0 Å². The van der Waals surface area contributed by atoms with Gasteiger partial charge in [0, 0.05) is 60.5 Å². The van der Waals surface area contributed by atoms with E-state index in [1.165, 1.54) is 0 Å². The summed E-state index contributed by atoms with van der Waals surface area (Å²) in [6.07, 6.45) is 1.03. The molecule has 7 heteroatoms. The first kappa shape index (κ1) is 23.3. The highest BCUT2D eigenvalue weighted by molar-refractivity contribution is 6.05. The van der Waals surface area contributed by atoms with Crippen molar-refractivity contribution in [1.29, 1.82) is 0 Å². The van der Waals surface area contributed by atoms with E-state index in [2.05, 4.69) is 21.3 Å². The number of carbonyl (C=O) groups excluding carboxylic acids is 1. The molecule has 1 saturated heterocycles. The number of aryl methyl sites for hydroxylation is 1. The van der Waals surface area contributed by atoms with E-state index < -0.39 is 5.60 Å². The van der Waals surface area contributed by atoms with Crippen molar-refractivity contribution in [3.63, 3.8) is 0 Å². The summed E-state index contributed by atoms with van der Waals surface area (Å²) in [5, 5.41) is 17.2. The van der Waals surface area contributed by atoms with Crippen molar-refractivity contribution in [1.82, 2.24) is 9.88 Å². The number of hydrogen-bond acceptors (Lipinski definition) is 5. The summed E-state index contributed by atoms with van der Waals surface area (Å²) in [5.41, 5.74) is 2.77. The fourth-order valence-electron chi connectivity index (χ4n) is 3.99. The Labute approximate surface area is 194 Å². The number of nitrogens with one attached hydrogen (secondary N) is 2. The SMILES string of the molecule is Cn1c(CNCC(C)(C)O)cc2cc(NC(=O)c3ccc(OCC4CCOC4)cc3)ccc21. The number of hydrogen-bond donors (Lipinski definition) is 3. The molecule has 0 spiro atoms. The number of benzene rings is 2. The maximum Gasteiger partial charge on any atom is 0.255 e. The molecule has 2 aromatic carbocycles. The van der Waals surface area contributed by atoms with Crippen molar-refractivity contribution in [3.05, 3.63) is 59.8 Å². The van der Waals surface area contributed by atoms with Gasteiger partial charge in [0.05, 0.1) is 18.8 Å². The van der Waals surface area contributed by atoms with Gasteiger partial charge in [0.15, 0.2) is 0 Å². The average Bonchev–Trinajstić information content (AvgIpc) is 3.40. The predicted octanol–water partition coefficient (Wildman–Crippen LogP) is 3.71. The highest BCUT2D eigenvalue weighted by atomic mass is 16.5. The molecule has 3 aromatic rings. The minimum Gasteiger partial charge on any atom is -0.493 e. The number of ether oxygens (including phenoxy) is 2. The molecular weight excluding hydrogens is 418 g/mol. The van der Waals surface area contributed by atoms with Crippen LogP contribution in [0.1, 0.15) is 36.3 Å². The normalized spacial score (nSPS) is 16.3. The van der Waals surface area contributed by atoms with Crippen LogP contribution in [0, 0.1) is 5.92 Å².